The topological polar surface area (TPSA) is 74.1 Å². The van der Waals surface area contributed by atoms with E-state index in [1.54, 1.807) is 6.07 Å². The van der Waals surface area contributed by atoms with Gasteiger partial charge in [0.15, 0.2) is 0 Å². The minimum atomic E-state index is -4.99. The zero-order valence-corrected chi connectivity index (χ0v) is 14.2. The zero-order valence-electron chi connectivity index (χ0n) is 13.4. The molecule has 0 amide bonds. The average molecular weight is 387 g/mol. The highest BCUT2D eigenvalue weighted by molar-refractivity contribution is 7.89. The third-order valence-corrected chi connectivity index (χ3v) is 5.43. The molecule has 26 heavy (non-hydrogen) atoms. The Morgan fingerprint density at radius 3 is 2.50 bits per heavy atom. The van der Waals surface area contributed by atoms with E-state index in [-0.39, 0.29) is 9.87 Å². The first-order chi connectivity index (χ1) is 12.1. The van der Waals surface area contributed by atoms with Gasteiger partial charge in [-0.05, 0) is 23.8 Å². The minimum Gasteiger partial charge on any atom is -0.262 e. The lowest BCUT2D eigenvalue weighted by atomic mass is 10.1. The van der Waals surface area contributed by atoms with Crippen LogP contribution in [0.25, 0.3) is 0 Å². The van der Waals surface area contributed by atoms with Crippen LogP contribution in [0.1, 0.15) is 24.1 Å². The number of sulfonamides is 1. The van der Waals surface area contributed by atoms with Gasteiger partial charge in [-0.3, -0.25) is 4.98 Å². The fourth-order valence-electron chi connectivity index (χ4n) is 2.44. The molecule has 0 aliphatic carbocycles. The molecule has 2 rings (SSSR count). The number of alkyl halides is 3. The molecule has 1 aromatic carbocycles. The maximum absolute atomic E-state index is 13.7. The van der Waals surface area contributed by atoms with Crippen LogP contribution in [0, 0.1) is 17.1 Å². The van der Waals surface area contributed by atoms with E-state index in [0.717, 1.165) is 36.7 Å². The van der Waals surface area contributed by atoms with Crippen molar-refractivity contribution in [3.63, 3.8) is 0 Å². The van der Waals surface area contributed by atoms with Crippen LogP contribution >= 0.6 is 0 Å². The number of hydrogen-bond acceptors (Lipinski definition) is 4. The van der Waals surface area contributed by atoms with Crippen LogP contribution in [-0.2, 0) is 10.0 Å². The molecule has 1 aromatic heterocycles. The van der Waals surface area contributed by atoms with Crippen LogP contribution in [0.15, 0.2) is 47.6 Å². The van der Waals surface area contributed by atoms with Gasteiger partial charge in [0.05, 0.1) is 5.56 Å². The van der Waals surface area contributed by atoms with E-state index in [0.29, 0.717) is 6.07 Å². The molecule has 5 nitrogen and oxygen atoms in total. The largest absolute Gasteiger partial charge is 0.409 e. The molecule has 2 aromatic rings. The normalized spacial score (nSPS) is 13.4. The SMILES string of the molecule is CCN([C@H](c1cccc(F)c1)C(F)(F)F)S(=O)(=O)c1cncc(C#N)c1. The number of aromatic nitrogens is 1. The Bertz CT molecular complexity index is 939. The second kappa shape index (κ2) is 7.39. The predicted octanol–water partition coefficient (Wildman–Crippen LogP) is 3.41. The summed E-state index contributed by atoms with van der Waals surface area (Å²) in [5.74, 6) is -0.918. The molecular weight excluding hydrogens is 374 g/mol. The first-order valence-corrected chi connectivity index (χ1v) is 8.74. The molecule has 1 atom stereocenters. The summed E-state index contributed by atoms with van der Waals surface area (Å²) in [7, 11) is -4.65. The lowest BCUT2D eigenvalue weighted by Gasteiger charge is -2.31. The molecule has 0 radical (unpaired) electrons. The molecular formula is C16H13F4N3O2S. The van der Waals surface area contributed by atoms with Gasteiger partial charge in [0.25, 0.3) is 0 Å². The van der Waals surface area contributed by atoms with Gasteiger partial charge < -0.3 is 0 Å². The van der Waals surface area contributed by atoms with Gasteiger partial charge in [-0.25, -0.2) is 12.8 Å². The van der Waals surface area contributed by atoms with Crippen molar-refractivity contribution in [3.8, 4) is 6.07 Å². The number of pyridine rings is 1. The molecule has 0 saturated heterocycles. The van der Waals surface area contributed by atoms with Gasteiger partial charge >= 0.3 is 6.18 Å². The number of halogens is 4. The van der Waals surface area contributed by atoms with Crippen molar-refractivity contribution in [1.82, 2.24) is 9.29 Å². The summed E-state index contributed by atoms with van der Waals surface area (Å²) >= 11 is 0. The maximum atomic E-state index is 13.7. The molecule has 1 heterocycles. The van der Waals surface area contributed by atoms with Crippen LogP contribution in [0.4, 0.5) is 17.6 Å². The second-order valence-corrected chi connectivity index (χ2v) is 7.12. The molecule has 10 heteroatoms. The third-order valence-electron chi connectivity index (χ3n) is 3.52. The van der Waals surface area contributed by atoms with Crippen LogP contribution in [0.2, 0.25) is 0 Å². The molecule has 0 unspecified atom stereocenters. The summed E-state index contributed by atoms with van der Waals surface area (Å²) in [5, 5.41) is 8.85. The molecule has 138 valence electrons. The highest BCUT2D eigenvalue weighted by Gasteiger charge is 2.48. The number of hydrogen-bond donors (Lipinski definition) is 0. The standard InChI is InChI=1S/C16H13F4N3O2S/c1-2-23(26(24,25)14-6-11(8-21)9-22-10-14)15(16(18,19)20)12-4-3-5-13(17)7-12/h3-7,9-10,15H,2H2,1H3/t15-/m1/s1. The Labute approximate surface area is 147 Å². The maximum Gasteiger partial charge on any atom is 0.409 e. The lowest BCUT2D eigenvalue weighted by molar-refractivity contribution is -0.173. The Hall–Kier alpha value is -2.51. The highest BCUT2D eigenvalue weighted by atomic mass is 32.2. The summed E-state index contributed by atoms with van der Waals surface area (Å²) in [4.78, 5) is 3.03. The second-order valence-electron chi connectivity index (χ2n) is 5.23. The van der Waals surface area contributed by atoms with E-state index in [4.69, 9.17) is 5.26 Å². The van der Waals surface area contributed by atoms with Crippen LogP contribution in [0.5, 0.6) is 0 Å². The summed E-state index contributed by atoms with van der Waals surface area (Å²) in [5.41, 5.74) is -0.663. The lowest BCUT2D eigenvalue weighted by Crippen LogP contribution is -2.42. The molecule has 0 N–H and O–H groups in total. The molecule has 0 aliphatic rings. The summed E-state index contributed by atoms with van der Waals surface area (Å²) in [6.07, 6.45) is -3.04. The van der Waals surface area contributed by atoms with Gasteiger partial charge in [-0.2, -0.15) is 22.7 Å². The van der Waals surface area contributed by atoms with Crippen molar-refractivity contribution in [2.75, 3.05) is 6.54 Å². The van der Waals surface area contributed by atoms with Crippen LogP contribution in [0.3, 0.4) is 0 Å². The highest BCUT2D eigenvalue weighted by Crippen LogP contribution is 2.40. The zero-order chi connectivity index (χ0) is 19.5. The Kier molecular flexibility index (Phi) is 5.63. The van der Waals surface area contributed by atoms with Gasteiger partial charge in [-0.15, -0.1) is 0 Å². The van der Waals surface area contributed by atoms with Crippen molar-refractivity contribution in [2.45, 2.75) is 24.0 Å². The van der Waals surface area contributed by atoms with Crippen LogP contribution in [-0.4, -0.2) is 30.4 Å². The molecule has 0 bridgehead atoms. The number of nitriles is 1. The summed E-state index contributed by atoms with van der Waals surface area (Å²) in [6.45, 7) is 0.705. The number of rotatable bonds is 5. The van der Waals surface area contributed by atoms with Gasteiger partial charge in [-0.1, -0.05) is 19.1 Å². The smallest absolute Gasteiger partial charge is 0.262 e. The fraction of sp³-hybridized carbons (Fsp3) is 0.250. The monoisotopic (exact) mass is 387 g/mol. The fourth-order valence-corrected chi connectivity index (χ4v) is 4.04. The molecule has 0 fully saturated rings. The Balaban J connectivity index is 2.62. The first-order valence-electron chi connectivity index (χ1n) is 7.30. The van der Waals surface area contributed by atoms with Crippen molar-refractivity contribution in [3.05, 3.63) is 59.7 Å². The van der Waals surface area contributed by atoms with Crippen LogP contribution < -0.4 is 0 Å². The molecule has 0 saturated carbocycles. The van der Waals surface area contributed by atoms with Crippen molar-refractivity contribution in [2.24, 2.45) is 0 Å². The van der Waals surface area contributed by atoms with Crippen molar-refractivity contribution < 1.29 is 26.0 Å². The molecule has 0 spiro atoms. The first kappa shape index (κ1) is 19.8. The van der Waals surface area contributed by atoms with Gasteiger partial charge in [0.1, 0.15) is 22.8 Å². The number of nitrogens with zero attached hydrogens (tertiary/aromatic N) is 3. The van der Waals surface area contributed by atoms with E-state index in [2.05, 4.69) is 4.98 Å². The van der Waals surface area contributed by atoms with Gasteiger partial charge in [0, 0.05) is 18.9 Å². The van der Waals surface area contributed by atoms with E-state index < -0.39 is 45.1 Å². The van der Waals surface area contributed by atoms with Gasteiger partial charge in [0.2, 0.25) is 10.0 Å². The predicted molar refractivity (Wildman–Crippen MR) is 83.7 cm³/mol. The Morgan fingerprint density at radius 2 is 1.96 bits per heavy atom. The van der Waals surface area contributed by atoms with E-state index in [1.807, 2.05) is 0 Å². The quantitative estimate of drug-likeness (QED) is 0.737. The van der Waals surface area contributed by atoms with E-state index >= 15 is 0 Å². The van der Waals surface area contributed by atoms with E-state index in [1.165, 1.54) is 6.92 Å². The third kappa shape index (κ3) is 4.00. The summed E-state index contributed by atoms with van der Waals surface area (Å²) < 4.78 is 80.2. The number of benzene rings is 1. The minimum absolute atomic E-state index is 0.114. The van der Waals surface area contributed by atoms with Crippen molar-refractivity contribution >= 4 is 10.0 Å². The Morgan fingerprint density at radius 1 is 1.27 bits per heavy atom. The average Bonchev–Trinajstić information content (AvgIpc) is 2.58. The summed E-state index contributed by atoms with van der Waals surface area (Å²) in [6, 6.07) is 3.70. The van der Waals surface area contributed by atoms with E-state index in [9.17, 15) is 26.0 Å². The molecule has 0 aliphatic heterocycles. The van der Waals surface area contributed by atoms with Crippen molar-refractivity contribution in [1.29, 1.82) is 5.26 Å².